The fourth-order valence-corrected chi connectivity index (χ4v) is 2.84. The Hall–Kier alpha value is -3.20. The topological polar surface area (TPSA) is 45.8 Å². The van der Waals surface area contributed by atoms with E-state index in [0.29, 0.717) is 16.7 Å². The average Bonchev–Trinajstić information content (AvgIpc) is 2.63. The van der Waals surface area contributed by atoms with E-state index in [4.69, 9.17) is 0 Å². The normalized spacial score (nSPS) is 10.9. The minimum absolute atomic E-state index is 0.106. The zero-order chi connectivity index (χ0) is 16.5. The van der Waals surface area contributed by atoms with Crippen molar-refractivity contribution in [3.8, 4) is 22.5 Å². The second-order valence-corrected chi connectivity index (χ2v) is 5.88. The Bertz CT molecular complexity index is 1060. The third-order valence-electron chi connectivity index (χ3n) is 4.13. The van der Waals surface area contributed by atoms with Crippen LogP contribution in [0.5, 0.6) is 0 Å². The monoisotopic (exact) mass is 312 g/mol. The van der Waals surface area contributed by atoms with Gasteiger partial charge in [-0.15, -0.1) is 0 Å². The van der Waals surface area contributed by atoms with E-state index in [1.54, 1.807) is 0 Å². The molecule has 4 rings (SSSR count). The van der Waals surface area contributed by atoms with Crippen molar-refractivity contribution in [2.75, 3.05) is 0 Å². The van der Waals surface area contributed by atoms with Crippen molar-refractivity contribution in [2.24, 2.45) is 0 Å². The van der Waals surface area contributed by atoms with E-state index in [2.05, 4.69) is 22.1 Å². The van der Waals surface area contributed by atoms with E-state index in [1.165, 1.54) is 5.56 Å². The molecule has 0 aliphatic carbocycles. The first-order valence-corrected chi connectivity index (χ1v) is 7.87. The third-order valence-corrected chi connectivity index (χ3v) is 4.13. The van der Waals surface area contributed by atoms with Crippen LogP contribution in [-0.4, -0.2) is 9.97 Å². The van der Waals surface area contributed by atoms with Gasteiger partial charge in [0.25, 0.3) is 5.56 Å². The van der Waals surface area contributed by atoms with Gasteiger partial charge in [0.2, 0.25) is 0 Å². The number of fused-ring (bicyclic) bond motifs is 1. The molecule has 0 aliphatic heterocycles. The predicted molar refractivity (Wildman–Crippen MR) is 98.0 cm³/mol. The molecule has 3 aromatic carbocycles. The minimum atomic E-state index is -0.106. The molecule has 0 saturated carbocycles. The first-order chi connectivity index (χ1) is 11.7. The molecular weight excluding hydrogens is 296 g/mol. The molecule has 0 amide bonds. The number of rotatable bonds is 2. The molecule has 0 aliphatic rings. The average molecular weight is 312 g/mol. The summed E-state index contributed by atoms with van der Waals surface area (Å²) in [4.78, 5) is 19.8. The van der Waals surface area contributed by atoms with Crippen LogP contribution in [0.3, 0.4) is 0 Å². The Balaban J connectivity index is 1.78. The fourth-order valence-electron chi connectivity index (χ4n) is 2.84. The van der Waals surface area contributed by atoms with Crippen LogP contribution in [0, 0.1) is 6.92 Å². The summed E-state index contributed by atoms with van der Waals surface area (Å²) in [5.74, 6) is 0.593. The number of H-pyrrole nitrogens is 1. The number of aromatic nitrogens is 2. The second-order valence-electron chi connectivity index (χ2n) is 5.88. The number of aryl methyl sites for hydroxylation is 1. The summed E-state index contributed by atoms with van der Waals surface area (Å²) in [5, 5.41) is 0.625. The fraction of sp³-hybridized carbons (Fsp3) is 0.0476. The van der Waals surface area contributed by atoms with Gasteiger partial charge in [-0.05, 0) is 30.2 Å². The molecule has 3 heteroatoms. The van der Waals surface area contributed by atoms with Gasteiger partial charge >= 0.3 is 0 Å². The van der Waals surface area contributed by atoms with Gasteiger partial charge in [0.1, 0.15) is 5.82 Å². The van der Waals surface area contributed by atoms with Gasteiger partial charge in [-0.1, -0.05) is 66.2 Å². The van der Waals surface area contributed by atoms with Crippen molar-refractivity contribution in [3.63, 3.8) is 0 Å². The highest BCUT2D eigenvalue weighted by molar-refractivity contribution is 5.80. The lowest BCUT2D eigenvalue weighted by Crippen LogP contribution is -2.09. The zero-order valence-corrected chi connectivity index (χ0v) is 13.3. The van der Waals surface area contributed by atoms with Gasteiger partial charge in [0, 0.05) is 5.56 Å². The highest BCUT2D eigenvalue weighted by Gasteiger charge is 2.06. The van der Waals surface area contributed by atoms with E-state index in [0.717, 1.165) is 16.7 Å². The van der Waals surface area contributed by atoms with E-state index in [9.17, 15) is 4.79 Å². The van der Waals surface area contributed by atoms with Crippen LogP contribution in [0.1, 0.15) is 5.56 Å². The van der Waals surface area contributed by atoms with Crippen molar-refractivity contribution in [2.45, 2.75) is 6.92 Å². The first kappa shape index (κ1) is 14.4. The molecule has 0 fully saturated rings. The third kappa shape index (κ3) is 2.61. The predicted octanol–water partition coefficient (Wildman–Crippen LogP) is 4.57. The number of benzene rings is 3. The second kappa shape index (κ2) is 5.78. The van der Waals surface area contributed by atoms with Gasteiger partial charge in [0.05, 0.1) is 10.9 Å². The summed E-state index contributed by atoms with van der Waals surface area (Å²) in [7, 11) is 0. The minimum Gasteiger partial charge on any atom is -0.306 e. The van der Waals surface area contributed by atoms with Crippen LogP contribution < -0.4 is 5.56 Å². The maximum Gasteiger partial charge on any atom is 0.259 e. The van der Waals surface area contributed by atoms with Crippen molar-refractivity contribution in [1.82, 2.24) is 9.97 Å². The number of hydrogen-bond acceptors (Lipinski definition) is 2. The molecule has 1 heterocycles. The van der Waals surface area contributed by atoms with Gasteiger partial charge in [-0.2, -0.15) is 0 Å². The Morgan fingerprint density at radius 2 is 1.46 bits per heavy atom. The van der Waals surface area contributed by atoms with E-state index >= 15 is 0 Å². The van der Waals surface area contributed by atoms with Gasteiger partial charge in [0.15, 0.2) is 0 Å². The summed E-state index contributed by atoms with van der Waals surface area (Å²) in [6, 6.07) is 24.0. The van der Waals surface area contributed by atoms with Crippen LogP contribution in [0.25, 0.3) is 33.4 Å². The van der Waals surface area contributed by atoms with Crippen molar-refractivity contribution in [1.29, 1.82) is 0 Å². The zero-order valence-electron chi connectivity index (χ0n) is 13.3. The molecule has 0 radical (unpaired) electrons. The quantitative estimate of drug-likeness (QED) is 0.589. The molecule has 0 atom stereocenters. The molecular formula is C21H16N2O. The van der Waals surface area contributed by atoms with E-state index < -0.39 is 0 Å². The van der Waals surface area contributed by atoms with Gasteiger partial charge < -0.3 is 4.98 Å². The Kier molecular flexibility index (Phi) is 3.47. The Morgan fingerprint density at radius 1 is 0.792 bits per heavy atom. The van der Waals surface area contributed by atoms with Crippen LogP contribution in [-0.2, 0) is 0 Å². The van der Waals surface area contributed by atoms with E-state index in [1.807, 2.05) is 67.6 Å². The largest absolute Gasteiger partial charge is 0.306 e. The van der Waals surface area contributed by atoms with Crippen LogP contribution in [0.4, 0.5) is 0 Å². The summed E-state index contributed by atoms with van der Waals surface area (Å²) in [5.41, 5.74) is 4.86. The number of hydrogen-bond donors (Lipinski definition) is 1. The van der Waals surface area contributed by atoms with Crippen LogP contribution in [0.2, 0.25) is 0 Å². The smallest absolute Gasteiger partial charge is 0.259 e. The summed E-state index contributed by atoms with van der Waals surface area (Å²) in [6.07, 6.45) is 0. The molecule has 4 aromatic rings. The number of nitrogens with one attached hydrogen (secondary N) is 1. The Morgan fingerprint density at radius 3 is 2.21 bits per heavy atom. The standard InChI is InChI=1S/C21H16N2O/c1-14-7-12-19-18(13-14)21(24)23-20(22-19)17-10-8-16(9-11-17)15-5-3-2-4-6-15/h2-13H,1H3,(H,22,23,24). The maximum absolute atomic E-state index is 12.3. The molecule has 0 saturated heterocycles. The number of aromatic amines is 1. The molecule has 0 bridgehead atoms. The molecule has 1 aromatic heterocycles. The highest BCUT2D eigenvalue weighted by Crippen LogP contribution is 2.23. The lowest BCUT2D eigenvalue weighted by Gasteiger charge is -2.06. The number of nitrogens with zero attached hydrogens (tertiary/aromatic N) is 1. The summed E-state index contributed by atoms with van der Waals surface area (Å²) in [6.45, 7) is 1.97. The van der Waals surface area contributed by atoms with Crippen LogP contribution in [0.15, 0.2) is 77.6 Å². The van der Waals surface area contributed by atoms with Gasteiger partial charge in [-0.25, -0.2) is 4.98 Å². The first-order valence-electron chi connectivity index (χ1n) is 7.87. The highest BCUT2D eigenvalue weighted by atomic mass is 16.1. The SMILES string of the molecule is Cc1ccc2nc(-c3ccc(-c4ccccc4)cc3)[nH]c(=O)c2c1. The Labute approximate surface area is 139 Å². The maximum atomic E-state index is 12.3. The lowest BCUT2D eigenvalue weighted by molar-refractivity contribution is 1.18. The van der Waals surface area contributed by atoms with E-state index in [-0.39, 0.29) is 5.56 Å². The van der Waals surface area contributed by atoms with Crippen LogP contribution >= 0.6 is 0 Å². The molecule has 24 heavy (non-hydrogen) atoms. The molecule has 3 nitrogen and oxygen atoms in total. The summed E-state index contributed by atoms with van der Waals surface area (Å²) >= 11 is 0. The molecule has 116 valence electrons. The van der Waals surface area contributed by atoms with Gasteiger partial charge in [-0.3, -0.25) is 4.79 Å². The van der Waals surface area contributed by atoms with Crippen molar-refractivity contribution < 1.29 is 0 Å². The van der Waals surface area contributed by atoms with Crippen molar-refractivity contribution in [3.05, 3.63) is 88.7 Å². The lowest BCUT2D eigenvalue weighted by atomic mass is 10.0. The molecule has 0 unspecified atom stereocenters. The summed E-state index contributed by atoms with van der Waals surface area (Å²) < 4.78 is 0. The molecule has 1 N–H and O–H groups in total. The van der Waals surface area contributed by atoms with Crippen molar-refractivity contribution >= 4 is 10.9 Å². The molecule has 0 spiro atoms.